The van der Waals surface area contributed by atoms with Crippen molar-refractivity contribution in [2.45, 2.75) is 65.6 Å². The van der Waals surface area contributed by atoms with Crippen molar-refractivity contribution in [1.82, 2.24) is 0 Å². The number of rotatable bonds is 7. The Labute approximate surface area is 88.3 Å². The molecule has 0 aliphatic heterocycles. The van der Waals surface area contributed by atoms with Gasteiger partial charge in [-0.3, -0.25) is 0 Å². The van der Waals surface area contributed by atoms with E-state index in [1.54, 1.807) is 6.92 Å². The Morgan fingerprint density at radius 3 is 2.00 bits per heavy atom. The molecule has 0 aliphatic rings. The maximum Gasteiger partial charge on any atom is 0.0618 e. The molecule has 0 spiro atoms. The smallest absolute Gasteiger partial charge is 0.0618 e. The van der Waals surface area contributed by atoms with Crippen LogP contribution < -0.4 is 0 Å². The van der Waals surface area contributed by atoms with Gasteiger partial charge in [0.05, 0.1) is 12.2 Å². The van der Waals surface area contributed by atoms with E-state index in [2.05, 4.69) is 13.8 Å². The Balaban J connectivity index is 4.08. The van der Waals surface area contributed by atoms with Gasteiger partial charge in [-0.2, -0.15) is 0 Å². The Hall–Kier alpha value is -0.0800. The first-order valence-corrected chi connectivity index (χ1v) is 5.90. The van der Waals surface area contributed by atoms with Crippen LogP contribution in [0.3, 0.4) is 0 Å². The average molecular weight is 202 g/mol. The number of unbranched alkanes of at least 4 members (excludes halogenated alkanes) is 1. The molecular formula is C12H26O2. The van der Waals surface area contributed by atoms with Crippen molar-refractivity contribution in [2.24, 2.45) is 11.8 Å². The van der Waals surface area contributed by atoms with Crippen molar-refractivity contribution < 1.29 is 10.2 Å². The van der Waals surface area contributed by atoms with Crippen LogP contribution in [0, 0.1) is 11.8 Å². The van der Waals surface area contributed by atoms with E-state index in [4.69, 9.17) is 0 Å². The molecule has 14 heavy (non-hydrogen) atoms. The molecule has 0 bridgehead atoms. The minimum Gasteiger partial charge on any atom is -0.393 e. The lowest BCUT2D eigenvalue weighted by Gasteiger charge is -2.28. The lowest BCUT2D eigenvalue weighted by Crippen LogP contribution is -2.33. The van der Waals surface area contributed by atoms with E-state index in [0.717, 1.165) is 12.8 Å². The molecule has 2 nitrogen and oxygen atoms in total. The summed E-state index contributed by atoms with van der Waals surface area (Å²) in [5.74, 6) is 0.330. The second-order valence-electron chi connectivity index (χ2n) is 4.40. The highest BCUT2D eigenvalue weighted by molar-refractivity contribution is 4.76. The second-order valence-corrected chi connectivity index (χ2v) is 4.40. The molecule has 4 atom stereocenters. The molecule has 2 heteroatoms. The monoisotopic (exact) mass is 202 g/mol. The van der Waals surface area contributed by atoms with Gasteiger partial charge in [0.15, 0.2) is 0 Å². The Bertz CT molecular complexity index is 134. The molecule has 0 radical (unpaired) electrons. The zero-order valence-corrected chi connectivity index (χ0v) is 10.0. The van der Waals surface area contributed by atoms with Crippen molar-refractivity contribution in [3.05, 3.63) is 0 Å². The molecular weight excluding hydrogens is 176 g/mol. The van der Waals surface area contributed by atoms with E-state index in [1.807, 2.05) is 6.92 Å². The van der Waals surface area contributed by atoms with Crippen LogP contribution in [0.15, 0.2) is 0 Å². The fraction of sp³-hybridized carbons (Fsp3) is 1.00. The molecule has 86 valence electrons. The van der Waals surface area contributed by atoms with E-state index < -0.39 is 6.10 Å². The van der Waals surface area contributed by atoms with E-state index in [0.29, 0.717) is 5.92 Å². The Kier molecular flexibility index (Phi) is 7.20. The summed E-state index contributed by atoms with van der Waals surface area (Å²) in [6, 6.07) is 0. The van der Waals surface area contributed by atoms with Crippen LogP contribution in [0.5, 0.6) is 0 Å². The average Bonchev–Trinajstić information content (AvgIpc) is 2.17. The van der Waals surface area contributed by atoms with Crippen molar-refractivity contribution in [3.63, 3.8) is 0 Å². The van der Waals surface area contributed by atoms with Crippen LogP contribution in [-0.4, -0.2) is 22.4 Å². The fourth-order valence-electron chi connectivity index (χ4n) is 1.80. The van der Waals surface area contributed by atoms with Crippen molar-refractivity contribution in [3.8, 4) is 0 Å². The van der Waals surface area contributed by atoms with Crippen LogP contribution in [0.1, 0.15) is 53.4 Å². The van der Waals surface area contributed by atoms with Gasteiger partial charge in [0, 0.05) is 5.92 Å². The normalized spacial score (nSPS) is 20.1. The Morgan fingerprint density at radius 2 is 1.64 bits per heavy atom. The molecule has 0 rings (SSSR count). The van der Waals surface area contributed by atoms with Gasteiger partial charge in [-0.05, 0) is 19.3 Å². The topological polar surface area (TPSA) is 40.5 Å². The molecule has 0 aromatic rings. The SMILES string of the molecule is CCCC[C@H](CC)[C@@H](O)[C@@H](C)[C@@H](C)O. The lowest BCUT2D eigenvalue weighted by atomic mass is 9.84. The third kappa shape index (κ3) is 4.43. The highest BCUT2D eigenvalue weighted by atomic mass is 16.3. The molecule has 0 heterocycles. The van der Waals surface area contributed by atoms with Crippen molar-refractivity contribution >= 4 is 0 Å². The molecule has 0 saturated heterocycles. The van der Waals surface area contributed by atoms with Crippen molar-refractivity contribution in [1.29, 1.82) is 0 Å². The van der Waals surface area contributed by atoms with Crippen LogP contribution >= 0.6 is 0 Å². The highest BCUT2D eigenvalue weighted by Crippen LogP contribution is 2.23. The molecule has 0 amide bonds. The number of aliphatic hydroxyl groups is 2. The molecule has 0 aromatic carbocycles. The third-order valence-electron chi connectivity index (χ3n) is 3.24. The number of hydrogen-bond donors (Lipinski definition) is 2. The van der Waals surface area contributed by atoms with Crippen LogP contribution in [0.2, 0.25) is 0 Å². The van der Waals surface area contributed by atoms with Crippen molar-refractivity contribution in [2.75, 3.05) is 0 Å². The summed E-state index contributed by atoms with van der Waals surface area (Å²) >= 11 is 0. The van der Waals surface area contributed by atoms with Gasteiger partial charge in [0.25, 0.3) is 0 Å². The fourth-order valence-corrected chi connectivity index (χ4v) is 1.80. The molecule has 0 aromatic heterocycles. The largest absolute Gasteiger partial charge is 0.393 e. The van der Waals surface area contributed by atoms with Gasteiger partial charge in [-0.1, -0.05) is 40.0 Å². The summed E-state index contributed by atoms with van der Waals surface area (Å²) in [6.45, 7) is 7.94. The van der Waals surface area contributed by atoms with E-state index >= 15 is 0 Å². The standard InChI is InChI=1S/C12H26O2/c1-5-7-8-11(6-2)12(14)9(3)10(4)13/h9-14H,5-8H2,1-4H3/t9-,10+,11-,12-/m0/s1. The predicted octanol–water partition coefficient (Wildman–Crippen LogP) is 2.58. The lowest BCUT2D eigenvalue weighted by molar-refractivity contribution is -0.00694. The Morgan fingerprint density at radius 1 is 1.07 bits per heavy atom. The first-order valence-electron chi connectivity index (χ1n) is 5.90. The molecule has 0 unspecified atom stereocenters. The first kappa shape index (κ1) is 13.9. The summed E-state index contributed by atoms with van der Waals surface area (Å²) in [5, 5.41) is 19.4. The van der Waals surface area contributed by atoms with E-state index in [9.17, 15) is 10.2 Å². The molecule has 0 saturated carbocycles. The number of aliphatic hydroxyl groups excluding tert-OH is 2. The summed E-state index contributed by atoms with van der Waals surface area (Å²) in [4.78, 5) is 0. The summed E-state index contributed by atoms with van der Waals surface area (Å²) in [6.07, 6.45) is 3.64. The maximum atomic E-state index is 10.0. The zero-order chi connectivity index (χ0) is 11.1. The summed E-state index contributed by atoms with van der Waals surface area (Å²) < 4.78 is 0. The first-order chi connectivity index (χ1) is 6.54. The minimum atomic E-state index is -0.416. The van der Waals surface area contributed by atoms with E-state index in [-0.39, 0.29) is 12.0 Å². The summed E-state index contributed by atoms with van der Waals surface area (Å²) in [7, 11) is 0. The van der Waals surface area contributed by atoms with Gasteiger partial charge >= 0.3 is 0 Å². The van der Waals surface area contributed by atoms with Gasteiger partial charge in [0.2, 0.25) is 0 Å². The van der Waals surface area contributed by atoms with Gasteiger partial charge in [-0.15, -0.1) is 0 Å². The van der Waals surface area contributed by atoms with Crippen LogP contribution in [0.4, 0.5) is 0 Å². The molecule has 2 N–H and O–H groups in total. The molecule has 0 aliphatic carbocycles. The molecule has 0 fully saturated rings. The number of hydrogen-bond acceptors (Lipinski definition) is 2. The van der Waals surface area contributed by atoms with Crippen LogP contribution in [-0.2, 0) is 0 Å². The maximum absolute atomic E-state index is 10.0. The quantitative estimate of drug-likeness (QED) is 0.666. The minimum absolute atomic E-state index is 0.0168. The van der Waals surface area contributed by atoms with Gasteiger partial charge < -0.3 is 10.2 Å². The van der Waals surface area contributed by atoms with Gasteiger partial charge in [0.1, 0.15) is 0 Å². The van der Waals surface area contributed by atoms with E-state index in [1.165, 1.54) is 12.8 Å². The predicted molar refractivity (Wildman–Crippen MR) is 60.2 cm³/mol. The summed E-state index contributed by atoms with van der Waals surface area (Å²) in [5.41, 5.74) is 0. The zero-order valence-electron chi connectivity index (χ0n) is 10.0. The highest BCUT2D eigenvalue weighted by Gasteiger charge is 2.25. The second kappa shape index (κ2) is 7.24. The third-order valence-corrected chi connectivity index (χ3v) is 3.24. The van der Waals surface area contributed by atoms with Crippen LogP contribution in [0.25, 0.3) is 0 Å². The van der Waals surface area contributed by atoms with Gasteiger partial charge in [-0.25, -0.2) is 0 Å².